The van der Waals surface area contributed by atoms with Crippen molar-refractivity contribution in [3.8, 4) is 0 Å². The van der Waals surface area contributed by atoms with E-state index in [1.807, 2.05) is 6.92 Å². The van der Waals surface area contributed by atoms with Gasteiger partial charge in [-0.1, -0.05) is 19.9 Å². The smallest absolute Gasteiger partial charge is 0.303 e. The molecule has 5 nitrogen and oxygen atoms in total. The second-order valence-electron chi connectivity index (χ2n) is 7.65. The van der Waals surface area contributed by atoms with E-state index in [1.54, 1.807) is 0 Å². The second kappa shape index (κ2) is 7.26. The van der Waals surface area contributed by atoms with Crippen molar-refractivity contribution < 1.29 is 24.2 Å². The van der Waals surface area contributed by atoms with Gasteiger partial charge >= 0.3 is 11.9 Å². The summed E-state index contributed by atoms with van der Waals surface area (Å²) in [5.74, 6) is -0.0312. The summed E-state index contributed by atoms with van der Waals surface area (Å²) < 4.78 is 10.6. The van der Waals surface area contributed by atoms with Crippen LogP contribution < -0.4 is 0 Å². The Labute approximate surface area is 144 Å². The third-order valence-electron chi connectivity index (χ3n) is 5.88. The zero-order chi connectivity index (χ0) is 18.1. The highest BCUT2D eigenvalue weighted by Crippen LogP contribution is 2.51. The van der Waals surface area contributed by atoms with Gasteiger partial charge in [0, 0.05) is 26.2 Å². The standard InChI is InChI=1S/C19H30O5/c1-11-8-17-16(12(2)10-23-14(4)20)7-6-13(3)19(17,22)9-18(11)24-15(5)21/h8,12-13,16-18,22H,6-7,9-10H2,1-5H3/t12-,13-,16-,17-,18-,19-/m1/s1. The maximum atomic E-state index is 11.4. The van der Waals surface area contributed by atoms with Crippen molar-refractivity contribution >= 4 is 11.9 Å². The van der Waals surface area contributed by atoms with Crippen LogP contribution in [0.1, 0.15) is 53.9 Å². The molecule has 0 amide bonds. The second-order valence-corrected chi connectivity index (χ2v) is 7.65. The molecule has 1 fully saturated rings. The summed E-state index contributed by atoms with van der Waals surface area (Å²) in [6.07, 6.45) is 4.09. The molecule has 24 heavy (non-hydrogen) atoms. The molecule has 0 saturated heterocycles. The zero-order valence-electron chi connectivity index (χ0n) is 15.4. The molecule has 0 bridgehead atoms. The van der Waals surface area contributed by atoms with E-state index < -0.39 is 5.60 Å². The van der Waals surface area contributed by atoms with Crippen molar-refractivity contribution in [1.29, 1.82) is 0 Å². The van der Waals surface area contributed by atoms with Gasteiger partial charge in [-0.2, -0.15) is 0 Å². The fourth-order valence-electron chi connectivity index (χ4n) is 4.37. The Morgan fingerprint density at radius 2 is 2.00 bits per heavy atom. The number of hydrogen-bond donors (Lipinski definition) is 1. The molecule has 0 aromatic carbocycles. The van der Waals surface area contributed by atoms with Crippen LogP contribution >= 0.6 is 0 Å². The molecule has 0 heterocycles. The minimum Gasteiger partial charge on any atom is -0.466 e. The molecule has 0 spiro atoms. The number of rotatable bonds is 4. The molecule has 5 heteroatoms. The summed E-state index contributed by atoms with van der Waals surface area (Å²) in [5, 5.41) is 11.4. The van der Waals surface area contributed by atoms with E-state index in [0.717, 1.165) is 18.4 Å². The monoisotopic (exact) mass is 338 g/mol. The minimum absolute atomic E-state index is 0.00128. The molecule has 0 aliphatic heterocycles. The van der Waals surface area contributed by atoms with Crippen LogP contribution in [0, 0.1) is 23.7 Å². The van der Waals surface area contributed by atoms with Crippen LogP contribution in [-0.4, -0.2) is 35.4 Å². The topological polar surface area (TPSA) is 72.8 Å². The quantitative estimate of drug-likeness (QED) is 0.630. The predicted octanol–water partition coefficient (Wildman–Crippen LogP) is 2.86. The van der Waals surface area contributed by atoms with Crippen LogP contribution in [0.5, 0.6) is 0 Å². The van der Waals surface area contributed by atoms with Crippen molar-refractivity contribution in [2.45, 2.75) is 65.6 Å². The number of esters is 2. The van der Waals surface area contributed by atoms with Crippen molar-refractivity contribution in [1.82, 2.24) is 0 Å². The molecule has 1 N–H and O–H groups in total. The Hall–Kier alpha value is -1.36. The molecular formula is C19H30O5. The van der Waals surface area contributed by atoms with Crippen LogP contribution in [-0.2, 0) is 19.1 Å². The molecule has 0 aromatic heterocycles. The Morgan fingerprint density at radius 1 is 1.33 bits per heavy atom. The van der Waals surface area contributed by atoms with Crippen LogP contribution in [0.2, 0.25) is 0 Å². The molecule has 2 aliphatic carbocycles. The van der Waals surface area contributed by atoms with E-state index in [0.29, 0.717) is 13.0 Å². The summed E-state index contributed by atoms with van der Waals surface area (Å²) in [7, 11) is 0. The van der Waals surface area contributed by atoms with Gasteiger partial charge < -0.3 is 14.6 Å². The molecule has 6 atom stereocenters. The average Bonchev–Trinajstić information content (AvgIpc) is 2.48. The lowest BCUT2D eigenvalue weighted by Gasteiger charge is -2.52. The van der Waals surface area contributed by atoms with Gasteiger partial charge in [0.1, 0.15) is 6.10 Å². The van der Waals surface area contributed by atoms with E-state index in [-0.39, 0.29) is 41.7 Å². The minimum atomic E-state index is -0.882. The SMILES string of the molecule is CC(=O)OC[C@@H](C)[C@H]1CC[C@@H](C)[C@]2(O)C[C@@H](OC(C)=O)C(C)=C[C@H]12. The lowest BCUT2D eigenvalue weighted by molar-refractivity contribution is -0.160. The Bertz CT molecular complexity index is 526. The summed E-state index contributed by atoms with van der Waals surface area (Å²) >= 11 is 0. The number of carbonyl (C=O) groups excluding carboxylic acids is 2. The van der Waals surface area contributed by atoms with Gasteiger partial charge in [0.05, 0.1) is 12.2 Å². The van der Waals surface area contributed by atoms with Gasteiger partial charge in [-0.3, -0.25) is 9.59 Å². The zero-order valence-corrected chi connectivity index (χ0v) is 15.4. The lowest BCUT2D eigenvalue weighted by atomic mass is 9.57. The van der Waals surface area contributed by atoms with Gasteiger partial charge in [0.15, 0.2) is 0 Å². The molecule has 1 saturated carbocycles. The first-order valence-corrected chi connectivity index (χ1v) is 8.86. The highest BCUT2D eigenvalue weighted by Gasteiger charge is 2.52. The van der Waals surface area contributed by atoms with Crippen molar-refractivity contribution in [2.75, 3.05) is 6.61 Å². The van der Waals surface area contributed by atoms with Gasteiger partial charge in [-0.05, 0) is 43.1 Å². The lowest BCUT2D eigenvalue weighted by Crippen LogP contribution is -2.56. The fraction of sp³-hybridized carbons (Fsp3) is 0.789. The summed E-state index contributed by atoms with van der Waals surface area (Å²) in [4.78, 5) is 22.4. The normalized spacial score (nSPS) is 37.0. The number of hydrogen-bond acceptors (Lipinski definition) is 5. The van der Waals surface area contributed by atoms with Crippen LogP contribution in [0.3, 0.4) is 0 Å². The highest BCUT2D eigenvalue weighted by molar-refractivity contribution is 5.66. The van der Waals surface area contributed by atoms with E-state index in [2.05, 4.69) is 19.9 Å². The Morgan fingerprint density at radius 3 is 2.58 bits per heavy atom. The molecule has 2 aliphatic rings. The van der Waals surface area contributed by atoms with E-state index in [9.17, 15) is 14.7 Å². The molecular weight excluding hydrogens is 308 g/mol. The van der Waals surface area contributed by atoms with E-state index >= 15 is 0 Å². The number of carbonyl (C=O) groups is 2. The number of aliphatic hydroxyl groups is 1. The number of ether oxygens (including phenoxy) is 2. The molecule has 136 valence electrons. The first-order chi connectivity index (χ1) is 11.1. The number of fused-ring (bicyclic) bond motifs is 1. The van der Waals surface area contributed by atoms with Crippen molar-refractivity contribution in [3.63, 3.8) is 0 Å². The molecule has 0 unspecified atom stereocenters. The van der Waals surface area contributed by atoms with Gasteiger partial charge in [-0.15, -0.1) is 0 Å². The van der Waals surface area contributed by atoms with Crippen molar-refractivity contribution in [3.05, 3.63) is 11.6 Å². The average molecular weight is 338 g/mol. The van der Waals surface area contributed by atoms with Crippen molar-refractivity contribution in [2.24, 2.45) is 23.7 Å². The molecule has 0 aromatic rings. The Balaban J connectivity index is 2.24. The van der Waals surface area contributed by atoms with Crippen LogP contribution in [0.25, 0.3) is 0 Å². The fourth-order valence-corrected chi connectivity index (χ4v) is 4.37. The van der Waals surface area contributed by atoms with Crippen LogP contribution in [0.15, 0.2) is 11.6 Å². The Kier molecular flexibility index (Phi) is 5.74. The largest absolute Gasteiger partial charge is 0.466 e. The summed E-state index contributed by atoms with van der Waals surface area (Å²) in [5.41, 5.74) is 0.117. The maximum Gasteiger partial charge on any atom is 0.303 e. The van der Waals surface area contributed by atoms with Crippen LogP contribution in [0.4, 0.5) is 0 Å². The maximum absolute atomic E-state index is 11.4. The van der Waals surface area contributed by atoms with Gasteiger partial charge in [0.2, 0.25) is 0 Å². The van der Waals surface area contributed by atoms with Gasteiger partial charge in [-0.25, -0.2) is 0 Å². The third-order valence-corrected chi connectivity index (χ3v) is 5.88. The molecule has 2 rings (SSSR count). The predicted molar refractivity (Wildman–Crippen MR) is 90.1 cm³/mol. The highest BCUT2D eigenvalue weighted by atomic mass is 16.5. The first-order valence-electron chi connectivity index (χ1n) is 8.86. The summed E-state index contributed by atoms with van der Waals surface area (Å²) in [6.45, 7) is 9.30. The summed E-state index contributed by atoms with van der Waals surface area (Å²) in [6, 6.07) is 0. The van der Waals surface area contributed by atoms with E-state index in [4.69, 9.17) is 9.47 Å². The third kappa shape index (κ3) is 3.82. The first kappa shape index (κ1) is 19.0. The van der Waals surface area contributed by atoms with Gasteiger partial charge in [0.25, 0.3) is 0 Å². The molecule has 0 radical (unpaired) electrons. The van der Waals surface area contributed by atoms with E-state index in [1.165, 1.54) is 13.8 Å².